The van der Waals surface area contributed by atoms with Gasteiger partial charge in [-0.2, -0.15) is 5.26 Å². The third kappa shape index (κ3) is 4.77. The Morgan fingerprint density at radius 2 is 1.86 bits per heavy atom. The summed E-state index contributed by atoms with van der Waals surface area (Å²) in [5.41, 5.74) is 1.40. The van der Waals surface area contributed by atoms with Gasteiger partial charge in [-0.15, -0.1) is 0 Å². The van der Waals surface area contributed by atoms with Crippen LogP contribution in [0, 0.1) is 17.2 Å². The third-order valence-corrected chi connectivity index (χ3v) is 4.56. The van der Waals surface area contributed by atoms with Crippen molar-refractivity contribution in [1.29, 1.82) is 5.26 Å². The van der Waals surface area contributed by atoms with Crippen molar-refractivity contribution >= 4 is 0 Å². The molecule has 1 fully saturated rings. The van der Waals surface area contributed by atoms with Gasteiger partial charge in [-0.05, 0) is 62.6 Å². The summed E-state index contributed by atoms with van der Waals surface area (Å²) < 4.78 is 5.95. The number of rotatable bonds is 6. The molecule has 1 atom stereocenters. The molecule has 21 heavy (non-hydrogen) atoms. The quantitative estimate of drug-likeness (QED) is 0.697. The van der Waals surface area contributed by atoms with Gasteiger partial charge in [0, 0.05) is 5.92 Å². The largest absolute Gasteiger partial charge is 0.491 e. The molecule has 2 nitrogen and oxygen atoms in total. The molecule has 114 valence electrons. The van der Waals surface area contributed by atoms with Crippen molar-refractivity contribution < 1.29 is 4.74 Å². The van der Waals surface area contributed by atoms with Crippen LogP contribution in [-0.4, -0.2) is 6.10 Å². The second kappa shape index (κ2) is 8.08. The summed E-state index contributed by atoms with van der Waals surface area (Å²) in [6.07, 6.45) is 8.25. The summed E-state index contributed by atoms with van der Waals surface area (Å²) in [4.78, 5) is 0. The van der Waals surface area contributed by atoms with E-state index in [0.717, 1.165) is 37.9 Å². The Bertz CT molecular complexity index is 451. The molecule has 2 heteroatoms. The van der Waals surface area contributed by atoms with Crippen molar-refractivity contribution in [2.24, 2.45) is 5.92 Å². The number of benzene rings is 1. The molecule has 0 heterocycles. The predicted molar refractivity (Wildman–Crippen MR) is 86.4 cm³/mol. The first-order chi connectivity index (χ1) is 10.2. The molecule has 1 aliphatic carbocycles. The van der Waals surface area contributed by atoms with Crippen LogP contribution in [-0.2, 0) is 0 Å². The van der Waals surface area contributed by atoms with E-state index in [-0.39, 0.29) is 5.92 Å². The first-order valence-corrected chi connectivity index (χ1v) is 8.39. The second-order valence-corrected chi connectivity index (χ2v) is 6.32. The standard InChI is InChI=1S/C19H27NO/c1-3-4-5-15(2)21-19-12-10-18(11-13-19)17-8-6-16(14-20)7-9-17/h10-13,15-17H,3-9H2,1-2H3. The Kier molecular flexibility index (Phi) is 6.11. The first kappa shape index (κ1) is 15.9. The van der Waals surface area contributed by atoms with Gasteiger partial charge in [-0.25, -0.2) is 0 Å². The summed E-state index contributed by atoms with van der Waals surface area (Å²) in [7, 11) is 0. The highest BCUT2D eigenvalue weighted by Crippen LogP contribution is 2.36. The summed E-state index contributed by atoms with van der Waals surface area (Å²) in [6, 6.07) is 11.0. The van der Waals surface area contributed by atoms with Gasteiger partial charge in [0.2, 0.25) is 0 Å². The Morgan fingerprint density at radius 3 is 2.43 bits per heavy atom. The number of nitriles is 1. The zero-order valence-corrected chi connectivity index (χ0v) is 13.3. The van der Waals surface area contributed by atoms with Gasteiger partial charge in [0.05, 0.1) is 12.2 Å². The molecule has 1 saturated carbocycles. The number of nitrogens with zero attached hydrogens (tertiary/aromatic N) is 1. The van der Waals surface area contributed by atoms with Gasteiger partial charge < -0.3 is 4.74 Å². The van der Waals surface area contributed by atoms with Crippen molar-refractivity contribution in [3.63, 3.8) is 0 Å². The van der Waals surface area contributed by atoms with Crippen LogP contribution in [0.2, 0.25) is 0 Å². The van der Waals surface area contributed by atoms with E-state index in [1.807, 2.05) is 0 Å². The van der Waals surface area contributed by atoms with Crippen LogP contribution < -0.4 is 4.74 Å². The number of hydrogen-bond donors (Lipinski definition) is 0. The van der Waals surface area contributed by atoms with Crippen LogP contribution in [0.3, 0.4) is 0 Å². The number of hydrogen-bond acceptors (Lipinski definition) is 2. The lowest BCUT2D eigenvalue weighted by atomic mass is 9.79. The van der Waals surface area contributed by atoms with E-state index in [1.54, 1.807) is 0 Å². The van der Waals surface area contributed by atoms with Crippen molar-refractivity contribution in [2.75, 3.05) is 0 Å². The van der Waals surface area contributed by atoms with Crippen LogP contribution in [0.4, 0.5) is 0 Å². The fourth-order valence-corrected chi connectivity index (χ4v) is 3.16. The molecule has 1 unspecified atom stereocenters. The van der Waals surface area contributed by atoms with Gasteiger partial charge in [0.25, 0.3) is 0 Å². The van der Waals surface area contributed by atoms with E-state index >= 15 is 0 Å². The highest BCUT2D eigenvalue weighted by molar-refractivity contribution is 5.30. The van der Waals surface area contributed by atoms with Gasteiger partial charge in [0.1, 0.15) is 5.75 Å². The lowest BCUT2D eigenvalue weighted by Gasteiger charge is -2.25. The van der Waals surface area contributed by atoms with E-state index in [1.165, 1.54) is 18.4 Å². The highest BCUT2D eigenvalue weighted by atomic mass is 16.5. The molecule has 1 aromatic rings. The van der Waals surface area contributed by atoms with Crippen LogP contribution in [0.5, 0.6) is 5.75 Å². The molecular weight excluding hydrogens is 258 g/mol. The highest BCUT2D eigenvalue weighted by Gasteiger charge is 2.21. The maximum atomic E-state index is 8.96. The van der Waals surface area contributed by atoms with Gasteiger partial charge in [-0.1, -0.05) is 31.9 Å². The van der Waals surface area contributed by atoms with E-state index in [9.17, 15) is 0 Å². The van der Waals surface area contributed by atoms with Crippen molar-refractivity contribution in [1.82, 2.24) is 0 Å². The van der Waals surface area contributed by atoms with E-state index in [2.05, 4.69) is 44.2 Å². The molecule has 0 radical (unpaired) electrons. The zero-order chi connectivity index (χ0) is 15.1. The van der Waals surface area contributed by atoms with Crippen LogP contribution in [0.25, 0.3) is 0 Å². The van der Waals surface area contributed by atoms with Crippen molar-refractivity contribution in [3.8, 4) is 11.8 Å². The molecule has 0 aliphatic heterocycles. The average Bonchev–Trinajstić information content (AvgIpc) is 2.54. The summed E-state index contributed by atoms with van der Waals surface area (Å²) in [5, 5.41) is 8.96. The monoisotopic (exact) mass is 285 g/mol. The van der Waals surface area contributed by atoms with E-state index in [4.69, 9.17) is 10.00 Å². The minimum Gasteiger partial charge on any atom is -0.491 e. The van der Waals surface area contributed by atoms with Crippen LogP contribution >= 0.6 is 0 Å². The lowest BCUT2D eigenvalue weighted by molar-refractivity contribution is 0.207. The van der Waals surface area contributed by atoms with E-state index in [0.29, 0.717) is 12.0 Å². The Morgan fingerprint density at radius 1 is 1.19 bits per heavy atom. The molecule has 2 rings (SSSR count). The fourth-order valence-electron chi connectivity index (χ4n) is 3.16. The maximum absolute atomic E-state index is 8.96. The normalized spacial score (nSPS) is 23.3. The molecule has 0 aromatic heterocycles. The minimum atomic E-state index is 0.281. The SMILES string of the molecule is CCCCC(C)Oc1ccc(C2CCC(C#N)CC2)cc1. The molecule has 0 amide bonds. The zero-order valence-electron chi connectivity index (χ0n) is 13.3. The maximum Gasteiger partial charge on any atom is 0.119 e. The first-order valence-electron chi connectivity index (χ1n) is 8.39. The topological polar surface area (TPSA) is 33.0 Å². The van der Waals surface area contributed by atoms with Crippen molar-refractivity contribution in [3.05, 3.63) is 29.8 Å². The predicted octanol–water partition coefficient (Wildman–Crippen LogP) is 5.44. The summed E-state index contributed by atoms with van der Waals surface area (Å²) >= 11 is 0. The molecular formula is C19H27NO. The number of unbranched alkanes of at least 4 members (excludes halogenated alkanes) is 1. The second-order valence-electron chi connectivity index (χ2n) is 6.32. The molecule has 1 aromatic carbocycles. The smallest absolute Gasteiger partial charge is 0.119 e. The van der Waals surface area contributed by atoms with Gasteiger partial charge in [0.15, 0.2) is 0 Å². The van der Waals surface area contributed by atoms with Crippen LogP contribution in [0.1, 0.15) is 70.3 Å². The molecule has 0 saturated heterocycles. The fraction of sp³-hybridized carbons (Fsp3) is 0.632. The molecule has 0 N–H and O–H groups in total. The van der Waals surface area contributed by atoms with Gasteiger partial charge >= 0.3 is 0 Å². The lowest BCUT2D eigenvalue weighted by Crippen LogP contribution is -2.13. The van der Waals surface area contributed by atoms with Gasteiger partial charge in [-0.3, -0.25) is 0 Å². The van der Waals surface area contributed by atoms with Crippen LogP contribution in [0.15, 0.2) is 24.3 Å². The van der Waals surface area contributed by atoms with Crippen molar-refractivity contribution in [2.45, 2.75) is 70.8 Å². The molecule has 1 aliphatic rings. The minimum absolute atomic E-state index is 0.281. The summed E-state index contributed by atoms with van der Waals surface area (Å²) in [6.45, 7) is 4.36. The Hall–Kier alpha value is -1.49. The summed E-state index contributed by atoms with van der Waals surface area (Å²) in [5.74, 6) is 1.89. The molecule has 0 bridgehead atoms. The number of ether oxygens (including phenoxy) is 1. The average molecular weight is 285 g/mol. The Labute approximate surface area is 129 Å². The third-order valence-electron chi connectivity index (χ3n) is 4.56. The molecule has 0 spiro atoms. The van der Waals surface area contributed by atoms with E-state index < -0.39 is 0 Å². The Balaban J connectivity index is 1.86.